The third-order valence-corrected chi connectivity index (χ3v) is 7.77. The van der Waals surface area contributed by atoms with Crippen LogP contribution >= 0.6 is 0 Å². The van der Waals surface area contributed by atoms with Crippen LogP contribution in [0.1, 0.15) is 46.0 Å². The summed E-state index contributed by atoms with van der Waals surface area (Å²) in [5.41, 5.74) is 0.559. The zero-order valence-corrected chi connectivity index (χ0v) is 20.8. The van der Waals surface area contributed by atoms with E-state index in [2.05, 4.69) is 15.1 Å². The highest BCUT2D eigenvalue weighted by Crippen LogP contribution is 2.44. The van der Waals surface area contributed by atoms with Crippen LogP contribution in [-0.2, 0) is 19.1 Å². The third kappa shape index (κ3) is 5.94. The Kier molecular flexibility index (Phi) is 7.94. The molecule has 1 N–H and O–H groups in total. The molecule has 0 aliphatic carbocycles. The number of piperazine rings is 1. The fourth-order valence-corrected chi connectivity index (χ4v) is 5.57. The lowest BCUT2D eigenvalue weighted by Crippen LogP contribution is -2.52. The number of anilines is 1. The summed E-state index contributed by atoms with van der Waals surface area (Å²) in [6.07, 6.45) is 3.21. The Labute approximate surface area is 206 Å². The molecule has 0 saturated carbocycles. The van der Waals surface area contributed by atoms with Crippen molar-refractivity contribution in [2.24, 2.45) is 5.41 Å². The summed E-state index contributed by atoms with van der Waals surface area (Å²) >= 11 is 0. The number of carbonyl (C=O) groups excluding carboxylic acids is 3. The van der Waals surface area contributed by atoms with Gasteiger partial charge < -0.3 is 19.9 Å². The van der Waals surface area contributed by atoms with Gasteiger partial charge in [0.15, 0.2) is 0 Å². The number of ether oxygens (including phenoxy) is 1. The second-order valence-electron chi connectivity index (χ2n) is 10.1. The zero-order chi connectivity index (χ0) is 25.0. The molecule has 4 rings (SSSR count). The fraction of sp³-hybridized carbons (Fsp3) is 0.654. The maximum Gasteiger partial charge on any atom is 0.312 e. The van der Waals surface area contributed by atoms with E-state index in [4.69, 9.17) is 4.74 Å². The Balaban J connectivity index is 1.21. The van der Waals surface area contributed by atoms with E-state index in [9.17, 15) is 18.8 Å². The molecule has 1 aromatic carbocycles. The molecule has 3 heterocycles. The normalized spacial score (nSPS) is 23.3. The van der Waals surface area contributed by atoms with Gasteiger partial charge in [-0.3, -0.25) is 19.3 Å². The van der Waals surface area contributed by atoms with E-state index in [-0.39, 0.29) is 29.7 Å². The van der Waals surface area contributed by atoms with Crippen molar-refractivity contribution in [3.05, 3.63) is 30.1 Å². The molecule has 3 fully saturated rings. The number of hydrogen-bond donors (Lipinski definition) is 1. The van der Waals surface area contributed by atoms with E-state index in [0.29, 0.717) is 38.8 Å². The van der Waals surface area contributed by atoms with Gasteiger partial charge in [0.2, 0.25) is 11.8 Å². The lowest BCUT2D eigenvalue weighted by molar-refractivity contribution is -0.153. The Morgan fingerprint density at radius 3 is 2.37 bits per heavy atom. The largest absolute Gasteiger partial charge is 0.462 e. The van der Waals surface area contributed by atoms with Crippen molar-refractivity contribution < 1.29 is 23.5 Å². The van der Waals surface area contributed by atoms with Crippen molar-refractivity contribution in [3.63, 3.8) is 0 Å². The Morgan fingerprint density at radius 1 is 1.11 bits per heavy atom. The molecule has 1 spiro atoms. The molecule has 192 valence electrons. The Bertz CT molecular complexity index is 908. The number of benzene rings is 1. The number of piperidine rings is 1. The van der Waals surface area contributed by atoms with Crippen LogP contribution < -0.4 is 10.2 Å². The number of rotatable bonds is 7. The third-order valence-electron chi connectivity index (χ3n) is 7.77. The SMILES string of the molecule is CCC(NC(C)=O)C(=O)N1CCC2(CC1)C[C@H](CCN1CCN(c3ccc(F)cc3)CC1)OC2=O. The molecular weight excluding hydrogens is 451 g/mol. The molecule has 1 aromatic rings. The van der Waals surface area contributed by atoms with Gasteiger partial charge in [-0.1, -0.05) is 6.92 Å². The monoisotopic (exact) mass is 488 g/mol. The van der Waals surface area contributed by atoms with Crippen LogP contribution in [0.3, 0.4) is 0 Å². The molecule has 0 bridgehead atoms. The highest BCUT2D eigenvalue weighted by atomic mass is 19.1. The Hall–Kier alpha value is -2.68. The van der Waals surface area contributed by atoms with Crippen LogP contribution in [0.4, 0.5) is 10.1 Å². The van der Waals surface area contributed by atoms with Crippen LogP contribution in [0.25, 0.3) is 0 Å². The summed E-state index contributed by atoms with van der Waals surface area (Å²) in [6, 6.07) is 6.13. The molecule has 1 unspecified atom stereocenters. The number of amides is 2. The zero-order valence-electron chi connectivity index (χ0n) is 20.8. The average Bonchev–Trinajstić information content (AvgIpc) is 3.16. The first-order chi connectivity index (χ1) is 16.8. The smallest absolute Gasteiger partial charge is 0.312 e. The molecule has 8 nitrogen and oxygen atoms in total. The fourth-order valence-electron chi connectivity index (χ4n) is 5.57. The van der Waals surface area contributed by atoms with Crippen LogP contribution in [0, 0.1) is 11.2 Å². The van der Waals surface area contributed by atoms with E-state index < -0.39 is 11.5 Å². The van der Waals surface area contributed by atoms with E-state index in [1.807, 2.05) is 19.1 Å². The summed E-state index contributed by atoms with van der Waals surface area (Å²) in [7, 11) is 0. The van der Waals surface area contributed by atoms with E-state index in [0.717, 1.165) is 44.8 Å². The topological polar surface area (TPSA) is 82.2 Å². The van der Waals surface area contributed by atoms with Crippen molar-refractivity contribution >= 4 is 23.5 Å². The van der Waals surface area contributed by atoms with Crippen LogP contribution in [0.5, 0.6) is 0 Å². The maximum atomic E-state index is 13.2. The predicted octanol–water partition coefficient (Wildman–Crippen LogP) is 2.18. The molecule has 3 aliphatic heterocycles. The van der Waals surface area contributed by atoms with Gasteiger partial charge in [0, 0.05) is 64.8 Å². The first-order valence-corrected chi connectivity index (χ1v) is 12.8. The minimum Gasteiger partial charge on any atom is -0.462 e. The standard InChI is InChI=1S/C26H37FN4O4/c1-3-23(28-19(2)32)24(33)31-12-9-26(10-13-31)18-22(35-25(26)34)8-11-29-14-16-30(17-15-29)21-6-4-20(27)5-7-21/h4-7,22-23H,3,8-18H2,1-2H3,(H,28,32)/t22-,23?/m0/s1. The van der Waals surface area contributed by atoms with E-state index in [1.54, 1.807) is 4.90 Å². The van der Waals surface area contributed by atoms with Crippen molar-refractivity contribution in [2.45, 2.75) is 58.1 Å². The molecule has 0 radical (unpaired) electrons. The van der Waals surface area contributed by atoms with Gasteiger partial charge in [0.05, 0.1) is 5.41 Å². The van der Waals surface area contributed by atoms with Gasteiger partial charge in [-0.25, -0.2) is 4.39 Å². The molecule has 0 aromatic heterocycles. The van der Waals surface area contributed by atoms with Crippen LogP contribution in [0.2, 0.25) is 0 Å². The number of likely N-dealkylation sites (tertiary alicyclic amines) is 1. The molecule has 2 amide bonds. The minimum atomic E-state index is -0.506. The summed E-state index contributed by atoms with van der Waals surface area (Å²) in [5, 5.41) is 2.72. The van der Waals surface area contributed by atoms with Crippen molar-refractivity contribution in [3.8, 4) is 0 Å². The van der Waals surface area contributed by atoms with Gasteiger partial charge in [0.1, 0.15) is 18.0 Å². The predicted molar refractivity (Wildman–Crippen MR) is 130 cm³/mol. The van der Waals surface area contributed by atoms with Gasteiger partial charge in [-0.05, 0) is 49.9 Å². The van der Waals surface area contributed by atoms with Crippen LogP contribution in [0.15, 0.2) is 24.3 Å². The van der Waals surface area contributed by atoms with Crippen molar-refractivity contribution in [1.29, 1.82) is 0 Å². The summed E-state index contributed by atoms with van der Waals surface area (Å²) in [5.74, 6) is -0.619. The number of nitrogens with zero attached hydrogens (tertiary/aromatic N) is 3. The molecule has 3 aliphatic rings. The van der Waals surface area contributed by atoms with Gasteiger partial charge in [-0.15, -0.1) is 0 Å². The molecule has 3 saturated heterocycles. The second-order valence-corrected chi connectivity index (χ2v) is 10.1. The lowest BCUT2D eigenvalue weighted by Gasteiger charge is -2.38. The lowest BCUT2D eigenvalue weighted by atomic mass is 9.75. The molecule has 9 heteroatoms. The second kappa shape index (κ2) is 10.9. The molecule has 2 atom stereocenters. The van der Waals surface area contributed by atoms with Gasteiger partial charge in [-0.2, -0.15) is 0 Å². The summed E-state index contributed by atoms with van der Waals surface area (Å²) < 4.78 is 19.0. The first-order valence-electron chi connectivity index (χ1n) is 12.8. The average molecular weight is 489 g/mol. The van der Waals surface area contributed by atoms with Crippen LogP contribution in [-0.4, -0.2) is 85.5 Å². The highest BCUT2D eigenvalue weighted by Gasteiger charge is 2.51. The summed E-state index contributed by atoms with van der Waals surface area (Å²) in [4.78, 5) is 43.4. The number of cyclic esters (lactones) is 1. The molecular formula is C26H37FN4O4. The Morgan fingerprint density at radius 2 is 1.77 bits per heavy atom. The maximum absolute atomic E-state index is 13.2. The number of nitrogens with one attached hydrogen (secondary N) is 1. The van der Waals surface area contributed by atoms with Gasteiger partial charge >= 0.3 is 5.97 Å². The quantitative estimate of drug-likeness (QED) is 0.593. The van der Waals surface area contributed by atoms with Gasteiger partial charge in [0.25, 0.3) is 0 Å². The first kappa shape index (κ1) is 25.4. The van der Waals surface area contributed by atoms with Crippen molar-refractivity contribution in [1.82, 2.24) is 15.1 Å². The van der Waals surface area contributed by atoms with E-state index in [1.165, 1.54) is 19.1 Å². The minimum absolute atomic E-state index is 0.0692. The van der Waals surface area contributed by atoms with E-state index >= 15 is 0 Å². The number of carbonyl (C=O) groups is 3. The molecule has 35 heavy (non-hydrogen) atoms. The number of esters is 1. The highest BCUT2D eigenvalue weighted by molar-refractivity contribution is 5.87. The summed E-state index contributed by atoms with van der Waals surface area (Å²) in [6.45, 7) is 8.84. The number of hydrogen-bond acceptors (Lipinski definition) is 6. The number of halogens is 1. The van der Waals surface area contributed by atoms with Crippen molar-refractivity contribution in [2.75, 3.05) is 50.7 Å².